The van der Waals surface area contributed by atoms with Crippen LogP contribution in [-0.4, -0.2) is 48.7 Å². The summed E-state index contributed by atoms with van der Waals surface area (Å²) in [6.45, 7) is 2.67. The minimum Gasteiger partial charge on any atom is -0.378 e. The molecule has 0 spiro atoms. The van der Waals surface area contributed by atoms with Crippen LogP contribution in [0.3, 0.4) is 0 Å². The fraction of sp³-hybridized carbons (Fsp3) is 0.929. The molecule has 3 aliphatic heterocycles. The second-order valence-corrected chi connectivity index (χ2v) is 5.96. The first kappa shape index (κ1) is 12.4. The predicted octanol–water partition coefficient (Wildman–Crippen LogP) is 1.30. The highest BCUT2D eigenvalue weighted by molar-refractivity contribution is 5.76. The van der Waals surface area contributed by atoms with Crippen molar-refractivity contribution < 1.29 is 9.53 Å². The van der Waals surface area contributed by atoms with Gasteiger partial charge in [0.05, 0.1) is 12.5 Å². The maximum absolute atomic E-state index is 12.3. The molecule has 3 rings (SSSR count). The van der Waals surface area contributed by atoms with E-state index in [1.807, 2.05) is 0 Å². The zero-order chi connectivity index (χ0) is 12.4. The van der Waals surface area contributed by atoms with Crippen LogP contribution in [-0.2, 0) is 9.53 Å². The molecule has 0 aromatic carbocycles. The third-order valence-corrected chi connectivity index (χ3v) is 4.55. The van der Waals surface area contributed by atoms with E-state index in [1.54, 1.807) is 0 Å². The Morgan fingerprint density at radius 1 is 1.17 bits per heavy atom. The van der Waals surface area contributed by atoms with E-state index in [1.165, 1.54) is 19.3 Å². The number of nitrogens with one attached hydrogen (secondary N) is 1. The molecule has 3 aliphatic rings. The molecule has 3 heterocycles. The van der Waals surface area contributed by atoms with Gasteiger partial charge in [-0.25, -0.2) is 0 Å². The zero-order valence-electron chi connectivity index (χ0n) is 11.1. The summed E-state index contributed by atoms with van der Waals surface area (Å²) in [6, 6.07) is 1.19. The summed E-state index contributed by atoms with van der Waals surface area (Å²) in [5.41, 5.74) is 0. The largest absolute Gasteiger partial charge is 0.378 e. The van der Waals surface area contributed by atoms with Gasteiger partial charge in [-0.2, -0.15) is 0 Å². The SMILES string of the molecule is O=C(CC1CCCCO1)N1CCC2CCC(C1)N2. The van der Waals surface area contributed by atoms with E-state index < -0.39 is 0 Å². The Morgan fingerprint density at radius 2 is 2.06 bits per heavy atom. The summed E-state index contributed by atoms with van der Waals surface area (Å²) in [7, 11) is 0. The molecule has 0 radical (unpaired) electrons. The Labute approximate surface area is 109 Å². The van der Waals surface area contributed by atoms with Gasteiger partial charge in [0.1, 0.15) is 0 Å². The molecule has 3 unspecified atom stereocenters. The van der Waals surface area contributed by atoms with Crippen LogP contribution in [0.2, 0.25) is 0 Å². The zero-order valence-corrected chi connectivity index (χ0v) is 11.1. The number of carbonyl (C=O) groups excluding carboxylic acids is 1. The molecule has 18 heavy (non-hydrogen) atoms. The Kier molecular flexibility index (Phi) is 3.85. The van der Waals surface area contributed by atoms with Crippen LogP contribution in [0.5, 0.6) is 0 Å². The number of ether oxygens (including phenoxy) is 1. The Morgan fingerprint density at radius 3 is 2.89 bits per heavy atom. The first-order chi connectivity index (χ1) is 8.81. The van der Waals surface area contributed by atoms with Crippen molar-refractivity contribution in [3.05, 3.63) is 0 Å². The maximum atomic E-state index is 12.3. The van der Waals surface area contributed by atoms with Crippen LogP contribution in [0.25, 0.3) is 0 Å². The molecule has 0 saturated carbocycles. The van der Waals surface area contributed by atoms with Gasteiger partial charge in [0.25, 0.3) is 0 Å². The lowest BCUT2D eigenvalue weighted by molar-refractivity contribution is -0.135. The van der Waals surface area contributed by atoms with Crippen molar-refractivity contribution in [2.45, 2.75) is 63.1 Å². The van der Waals surface area contributed by atoms with E-state index >= 15 is 0 Å². The van der Waals surface area contributed by atoms with Gasteiger partial charge in [-0.1, -0.05) is 0 Å². The average Bonchev–Trinajstić information content (AvgIpc) is 2.70. The van der Waals surface area contributed by atoms with Crippen molar-refractivity contribution >= 4 is 5.91 Å². The van der Waals surface area contributed by atoms with Crippen molar-refractivity contribution in [1.82, 2.24) is 10.2 Å². The van der Waals surface area contributed by atoms with E-state index in [2.05, 4.69) is 10.2 Å². The molecular formula is C14H24N2O2. The molecule has 4 nitrogen and oxygen atoms in total. The number of hydrogen-bond donors (Lipinski definition) is 1. The van der Waals surface area contributed by atoms with Gasteiger partial charge in [-0.15, -0.1) is 0 Å². The van der Waals surface area contributed by atoms with Crippen molar-refractivity contribution in [3.63, 3.8) is 0 Å². The molecule has 1 amide bonds. The van der Waals surface area contributed by atoms with Gasteiger partial charge in [-0.05, 0) is 38.5 Å². The summed E-state index contributed by atoms with van der Waals surface area (Å²) >= 11 is 0. The summed E-state index contributed by atoms with van der Waals surface area (Å²) in [5, 5.41) is 3.62. The van der Waals surface area contributed by atoms with E-state index in [-0.39, 0.29) is 6.10 Å². The Hall–Kier alpha value is -0.610. The first-order valence-electron chi connectivity index (χ1n) is 7.46. The number of rotatable bonds is 2. The lowest BCUT2D eigenvalue weighted by Crippen LogP contribution is -2.40. The van der Waals surface area contributed by atoms with Crippen molar-refractivity contribution in [2.75, 3.05) is 19.7 Å². The summed E-state index contributed by atoms with van der Waals surface area (Å²) in [4.78, 5) is 14.4. The number of fused-ring (bicyclic) bond motifs is 2. The highest BCUT2D eigenvalue weighted by atomic mass is 16.5. The van der Waals surface area contributed by atoms with Crippen LogP contribution in [0.15, 0.2) is 0 Å². The van der Waals surface area contributed by atoms with Gasteiger partial charge in [0, 0.05) is 31.8 Å². The summed E-state index contributed by atoms with van der Waals surface area (Å²) in [5.74, 6) is 0.302. The summed E-state index contributed by atoms with van der Waals surface area (Å²) < 4.78 is 5.67. The number of carbonyl (C=O) groups is 1. The van der Waals surface area contributed by atoms with Gasteiger partial charge in [0.15, 0.2) is 0 Å². The van der Waals surface area contributed by atoms with Gasteiger partial charge >= 0.3 is 0 Å². The highest BCUT2D eigenvalue weighted by Gasteiger charge is 2.31. The molecular weight excluding hydrogens is 228 g/mol. The molecule has 1 N–H and O–H groups in total. The third-order valence-electron chi connectivity index (χ3n) is 4.55. The molecule has 0 aromatic rings. The van der Waals surface area contributed by atoms with Crippen LogP contribution in [0, 0.1) is 0 Å². The van der Waals surface area contributed by atoms with E-state index in [0.29, 0.717) is 24.4 Å². The van der Waals surface area contributed by atoms with Crippen LogP contribution < -0.4 is 5.32 Å². The molecule has 3 fully saturated rings. The average molecular weight is 252 g/mol. The van der Waals surface area contributed by atoms with Crippen molar-refractivity contribution in [3.8, 4) is 0 Å². The molecule has 0 aliphatic carbocycles. The van der Waals surface area contributed by atoms with Crippen LogP contribution in [0.4, 0.5) is 0 Å². The molecule has 0 aromatic heterocycles. The van der Waals surface area contributed by atoms with Crippen LogP contribution in [0.1, 0.15) is 44.9 Å². The lowest BCUT2D eigenvalue weighted by atomic mass is 10.0. The molecule has 4 heteroatoms. The highest BCUT2D eigenvalue weighted by Crippen LogP contribution is 2.22. The normalized spacial score (nSPS) is 36.4. The summed E-state index contributed by atoms with van der Waals surface area (Å²) in [6.07, 6.45) is 7.84. The Bertz CT molecular complexity index is 302. The number of nitrogens with zero attached hydrogens (tertiary/aromatic N) is 1. The molecule has 3 atom stereocenters. The van der Waals surface area contributed by atoms with Gasteiger partial charge in [0.2, 0.25) is 5.91 Å². The quantitative estimate of drug-likeness (QED) is 0.805. The molecule has 3 saturated heterocycles. The minimum absolute atomic E-state index is 0.180. The van der Waals surface area contributed by atoms with Gasteiger partial charge < -0.3 is 15.0 Å². The maximum Gasteiger partial charge on any atom is 0.225 e. The second-order valence-electron chi connectivity index (χ2n) is 5.96. The fourth-order valence-electron chi connectivity index (χ4n) is 3.46. The lowest BCUT2D eigenvalue weighted by Gasteiger charge is -2.28. The fourth-order valence-corrected chi connectivity index (χ4v) is 3.46. The van der Waals surface area contributed by atoms with E-state index in [0.717, 1.165) is 39.0 Å². The molecule has 102 valence electrons. The standard InChI is InChI=1S/C14H24N2O2/c17-14(9-13-3-1-2-8-18-13)16-7-6-11-4-5-12(10-16)15-11/h11-13,15H,1-10H2. The second kappa shape index (κ2) is 5.57. The van der Waals surface area contributed by atoms with Crippen molar-refractivity contribution in [1.29, 1.82) is 0 Å². The van der Waals surface area contributed by atoms with E-state index in [9.17, 15) is 4.79 Å². The first-order valence-corrected chi connectivity index (χ1v) is 7.46. The monoisotopic (exact) mass is 252 g/mol. The predicted molar refractivity (Wildman–Crippen MR) is 69.4 cm³/mol. The number of amides is 1. The smallest absolute Gasteiger partial charge is 0.225 e. The number of likely N-dealkylation sites (tertiary alicyclic amines) is 1. The van der Waals surface area contributed by atoms with Crippen LogP contribution >= 0.6 is 0 Å². The minimum atomic E-state index is 0.180. The third kappa shape index (κ3) is 2.86. The Balaban J connectivity index is 1.52. The number of hydrogen-bond acceptors (Lipinski definition) is 3. The topological polar surface area (TPSA) is 41.6 Å². The van der Waals surface area contributed by atoms with Crippen molar-refractivity contribution in [2.24, 2.45) is 0 Å². The van der Waals surface area contributed by atoms with Gasteiger partial charge in [-0.3, -0.25) is 4.79 Å². The van der Waals surface area contributed by atoms with E-state index in [4.69, 9.17) is 4.74 Å². The molecule has 2 bridgehead atoms.